The molecule has 3 rings (SSSR count). The molecule has 0 heterocycles. The van der Waals surface area contributed by atoms with Gasteiger partial charge in [-0.15, -0.1) is 6.42 Å². The molecular weight excluding hydrogens is 476 g/mol. The highest BCUT2D eigenvalue weighted by atomic mass is 16.5. The van der Waals surface area contributed by atoms with Crippen LogP contribution < -0.4 is 4.74 Å². The molecule has 0 aliphatic carbocycles. The van der Waals surface area contributed by atoms with E-state index in [1.807, 2.05) is 61.0 Å². The van der Waals surface area contributed by atoms with E-state index in [9.17, 15) is 0 Å². The maximum atomic E-state index is 6.43. The molecule has 0 saturated carbocycles. The van der Waals surface area contributed by atoms with Crippen molar-refractivity contribution in [3.05, 3.63) is 88.5 Å². The van der Waals surface area contributed by atoms with Crippen LogP contribution in [0.4, 0.5) is 11.4 Å². The fourth-order valence-corrected chi connectivity index (χ4v) is 4.57. The Kier molecular flexibility index (Phi) is 13.1. The lowest BCUT2D eigenvalue weighted by atomic mass is 10.0. The van der Waals surface area contributed by atoms with Gasteiger partial charge < -0.3 is 4.74 Å². The van der Waals surface area contributed by atoms with Gasteiger partial charge in [0, 0.05) is 29.1 Å². The van der Waals surface area contributed by atoms with Crippen LogP contribution in [0.15, 0.2) is 70.6 Å². The SMILES string of the molecule is C#Cc1cc(C=Nc2ccccc2C)c(OCCCCCCCCCCCC)c(C=Nc2ccccc2C)c1. The minimum absolute atomic E-state index is 0.655. The van der Waals surface area contributed by atoms with Gasteiger partial charge in [0.05, 0.1) is 18.0 Å². The predicted molar refractivity (Wildman–Crippen MR) is 169 cm³/mol. The maximum Gasteiger partial charge on any atom is 0.136 e. The summed E-state index contributed by atoms with van der Waals surface area (Å²) in [6.07, 6.45) is 22.5. The largest absolute Gasteiger partial charge is 0.492 e. The first-order chi connectivity index (χ1) is 19.1. The number of aryl methyl sites for hydroxylation is 2. The Morgan fingerprint density at radius 2 is 1.15 bits per heavy atom. The Bertz CT molecular complexity index is 1190. The van der Waals surface area contributed by atoms with Gasteiger partial charge in [-0.2, -0.15) is 0 Å². The minimum Gasteiger partial charge on any atom is -0.492 e. The van der Waals surface area contributed by atoms with E-state index in [4.69, 9.17) is 21.1 Å². The molecule has 0 unspecified atom stereocenters. The van der Waals surface area contributed by atoms with Gasteiger partial charge in [-0.1, -0.05) is 107 Å². The van der Waals surface area contributed by atoms with Gasteiger partial charge in [-0.05, 0) is 55.7 Å². The molecule has 204 valence electrons. The Balaban J connectivity index is 1.74. The van der Waals surface area contributed by atoms with Crippen LogP contribution in [0.5, 0.6) is 5.75 Å². The van der Waals surface area contributed by atoms with Crippen molar-refractivity contribution in [2.45, 2.75) is 85.0 Å². The normalized spacial score (nSPS) is 11.3. The van der Waals surface area contributed by atoms with Gasteiger partial charge in [0.2, 0.25) is 0 Å². The van der Waals surface area contributed by atoms with Crippen molar-refractivity contribution in [3.8, 4) is 18.1 Å². The zero-order chi connectivity index (χ0) is 27.7. The van der Waals surface area contributed by atoms with Crippen LogP contribution >= 0.6 is 0 Å². The summed E-state index contributed by atoms with van der Waals surface area (Å²) in [7, 11) is 0. The molecule has 0 atom stereocenters. The molecule has 0 radical (unpaired) electrons. The van der Waals surface area contributed by atoms with Crippen molar-refractivity contribution in [1.29, 1.82) is 0 Å². The van der Waals surface area contributed by atoms with Crippen LogP contribution in [0.1, 0.15) is 98.9 Å². The molecule has 3 nitrogen and oxygen atoms in total. The Morgan fingerprint density at radius 1 is 0.692 bits per heavy atom. The summed E-state index contributed by atoms with van der Waals surface area (Å²) in [4.78, 5) is 9.54. The highest BCUT2D eigenvalue weighted by molar-refractivity contribution is 5.94. The van der Waals surface area contributed by atoms with Crippen LogP contribution in [0, 0.1) is 26.2 Å². The Hall–Kier alpha value is -3.64. The Morgan fingerprint density at radius 3 is 1.62 bits per heavy atom. The maximum absolute atomic E-state index is 6.43. The van der Waals surface area contributed by atoms with E-state index in [0.29, 0.717) is 6.61 Å². The summed E-state index contributed by atoms with van der Waals surface area (Å²) in [5.41, 5.74) is 6.61. The molecule has 0 fully saturated rings. The summed E-state index contributed by atoms with van der Waals surface area (Å²) < 4.78 is 6.43. The molecule has 0 amide bonds. The average Bonchev–Trinajstić information content (AvgIpc) is 2.95. The number of terminal acetylenes is 1. The van der Waals surface area contributed by atoms with Gasteiger partial charge in [-0.3, -0.25) is 9.98 Å². The molecule has 0 aliphatic heterocycles. The molecule has 0 aromatic heterocycles. The number of unbranched alkanes of at least 4 members (excludes halogenated alkanes) is 9. The van der Waals surface area contributed by atoms with E-state index in [-0.39, 0.29) is 0 Å². The van der Waals surface area contributed by atoms with Crippen molar-refractivity contribution in [3.63, 3.8) is 0 Å². The molecule has 0 spiro atoms. The quantitative estimate of drug-likeness (QED) is 0.105. The standard InChI is InChI=1S/C36H44N2O/c1-5-7-8-9-10-11-12-13-14-19-24-39-36-32(27-37-34-22-17-15-20-29(34)3)25-31(6-2)26-33(36)28-38-35-23-18-16-21-30(35)4/h2,15-18,20-23,25-28H,5,7-14,19,24H2,1,3-4H3. The lowest BCUT2D eigenvalue weighted by molar-refractivity contribution is 0.303. The van der Waals surface area contributed by atoms with Crippen molar-refractivity contribution < 1.29 is 4.74 Å². The van der Waals surface area contributed by atoms with E-state index in [1.54, 1.807) is 0 Å². The lowest BCUT2D eigenvalue weighted by Gasteiger charge is -2.14. The highest BCUT2D eigenvalue weighted by Gasteiger charge is 2.11. The lowest BCUT2D eigenvalue weighted by Crippen LogP contribution is -2.04. The van der Waals surface area contributed by atoms with Crippen molar-refractivity contribution in [2.75, 3.05) is 6.61 Å². The molecule has 0 saturated heterocycles. The van der Waals surface area contributed by atoms with Crippen molar-refractivity contribution in [1.82, 2.24) is 0 Å². The molecule has 3 heteroatoms. The first-order valence-electron chi connectivity index (χ1n) is 14.6. The van der Waals surface area contributed by atoms with Crippen molar-refractivity contribution in [2.24, 2.45) is 9.98 Å². The fraction of sp³-hybridized carbons (Fsp3) is 0.389. The van der Waals surface area contributed by atoms with Gasteiger partial charge >= 0.3 is 0 Å². The molecular formula is C36H44N2O. The predicted octanol–water partition coefficient (Wildman–Crippen LogP) is 10.1. The minimum atomic E-state index is 0.655. The number of hydrogen-bond acceptors (Lipinski definition) is 3. The average molecular weight is 521 g/mol. The van der Waals surface area contributed by atoms with E-state index >= 15 is 0 Å². The molecule has 3 aromatic rings. The second-order valence-corrected chi connectivity index (χ2v) is 10.2. The van der Waals surface area contributed by atoms with Crippen LogP contribution in [-0.4, -0.2) is 19.0 Å². The van der Waals surface area contributed by atoms with E-state index < -0.39 is 0 Å². The van der Waals surface area contributed by atoms with Crippen LogP contribution in [0.3, 0.4) is 0 Å². The van der Waals surface area contributed by atoms with Crippen LogP contribution in [-0.2, 0) is 0 Å². The van der Waals surface area contributed by atoms with Gasteiger partial charge in [0.15, 0.2) is 0 Å². The van der Waals surface area contributed by atoms with Crippen molar-refractivity contribution >= 4 is 23.8 Å². The zero-order valence-electron chi connectivity index (χ0n) is 24.1. The van der Waals surface area contributed by atoms with Crippen LogP contribution in [0.2, 0.25) is 0 Å². The van der Waals surface area contributed by atoms with E-state index in [0.717, 1.165) is 51.4 Å². The topological polar surface area (TPSA) is 34.0 Å². The Labute approximate surface area is 236 Å². The smallest absolute Gasteiger partial charge is 0.136 e. The number of rotatable bonds is 16. The molecule has 3 aromatic carbocycles. The highest BCUT2D eigenvalue weighted by Crippen LogP contribution is 2.27. The molecule has 0 bridgehead atoms. The third-order valence-corrected chi connectivity index (χ3v) is 6.97. The van der Waals surface area contributed by atoms with Gasteiger partial charge in [0.25, 0.3) is 0 Å². The third-order valence-electron chi connectivity index (χ3n) is 6.97. The summed E-state index contributed by atoms with van der Waals surface area (Å²) >= 11 is 0. The zero-order valence-corrected chi connectivity index (χ0v) is 24.1. The van der Waals surface area contributed by atoms with Crippen LogP contribution in [0.25, 0.3) is 0 Å². The summed E-state index contributed by atoms with van der Waals surface area (Å²) in [5.74, 6) is 3.56. The number of benzene rings is 3. The monoisotopic (exact) mass is 520 g/mol. The van der Waals surface area contributed by atoms with E-state index in [1.165, 1.54) is 57.8 Å². The fourth-order valence-electron chi connectivity index (χ4n) is 4.57. The first-order valence-corrected chi connectivity index (χ1v) is 14.6. The number of ether oxygens (including phenoxy) is 1. The summed E-state index contributed by atoms with van der Waals surface area (Å²) in [6, 6.07) is 20.1. The number of para-hydroxylation sites is 2. The van der Waals surface area contributed by atoms with E-state index in [2.05, 4.69) is 38.8 Å². The second-order valence-electron chi connectivity index (χ2n) is 10.2. The number of nitrogens with zero attached hydrogens (tertiary/aromatic N) is 2. The summed E-state index contributed by atoms with van der Waals surface area (Å²) in [6.45, 7) is 7.05. The molecule has 0 N–H and O–H groups in total. The molecule has 39 heavy (non-hydrogen) atoms. The van der Waals surface area contributed by atoms with Gasteiger partial charge in [0.1, 0.15) is 5.75 Å². The molecule has 0 aliphatic rings. The first kappa shape index (κ1) is 29.9. The van der Waals surface area contributed by atoms with Gasteiger partial charge in [-0.25, -0.2) is 0 Å². The number of hydrogen-bond donors (Lipinski definition) is 0. The number of aliphatic imine (C=N–C) groups is 2. The third kappa shape index (κ3) is 10.2. The summed E-state index contributed by atoms with van der Waals surface area (Å²) in [5, 5.41) is 0. The second kappa shape index (κ2) is 17.0.